The lowest BCUT2D eigenvalue weighted by Gasteiger charge is -2.11. The molecule has 0 fully saturated rings. The first-order chi connectivity index (χ1) is 15.3. The van der Waals surface area contributed by atoms with E-state index in [9.17, 15) is 0 Å². The largest absolute Gasteiger partial charge is 0.493 e. The molecule has 3 heterocycles. The van der Waals surface area contributed by atoms with Gasteiger partial charge < -0.3 is 14.2 Å². The molecule has 0 unspecified atom stereocenters. The molecule has 0 radical (unpaired) electrons. The summed E-state index contributed by atoms with van der Waals surface area (Å²) >= 11 is 0. The zero-order valence-electron chi connectivity index (χ0n) is 16.9. The Hall–Kier alpha value is -4.27. The Labute approximate surface area is 177 Å². The van der Waals surface area contributed by atoms with Gasteiger partial charge in [0.05, 0.1) is 30.8 Å². The van der Waals surface area contributed by atoms with Gasteiger partial charge in [0.15, 0.2) is 29.6 Å². The van der Waals surface area contributed by atoms with Crippen LogP contribution in [0.1, 0.15) is 5.82 Å². The Morgan fingerprint density at radius 3 is 2.48 bits per heavy atom. The molecule has 0 saturated carbocycles. The summed E-state index contributed by atoms with van der Waals surface area (Å²) in [5, 5.41) is 13.8. The van der Waals surface area contributed by atoms with Crippen LogP contribution in [0, 0.1) is 0 Å². The Kier molecular flexibility index (Phi) is 4.75. The Balaban J connectivity index is 1.48. The highest BCUT2D eigenvalue weighted by Crippen LogP contribution is 2.34. The minimum absolute atomic E-state index is 0.132. The van der Waals surface area contributed by atoms with Gasteiger partial charge in [-0.25, -0.2) is 9.97 Å². The summed E-state index contributed by atoms with van der Waals surface area (Å²) in [4.78, 5) is 8.57. The number of benzene rings is 2. The molecule has 31 heavy (non-hydrogen) atoms. The third-order valence-electron chi connectivity index (χ3n) is 4.84. The fourth-order valence-corrected chi connectivity index (χ4v) is 3.29. The third kappa shape index (κ3) is 3.46. The molecule has 0 spiro atoms. The van der Waals surface area contributed by atoms with Crippen LogP contribution in [0.25, 0.3) is 27.8 Å². The quantitative estimate of drug-likeness (QED) is 0.417. The van der Waals surface area contributed by atoms with Crippen LogP contribution in [0.4, 0.5) is 0 Å². The molecule has 5 rings (SSSR count). The molecule has 5 aromatic rings. The van der Waals surface area contributed by atoms with Gasteiger partial charge in [-0.2, -0.15) is 9.61 Å². The summed E-state index contributed by atoms with van der Waals surface area (Å²) in [5.74, 6) is 2.11. The number of ether oxygens (including phenoxy) is 3. The fraction of sp³-hybridized carbons (Fsp3) is 0.136. The second kappa shape index (κ2) is 7.86. The zero-order chi connectivity index (χ0) is 21.2. The summed E-state index contributed by atoms with van der Waals surface area (Å²) in [6.07, 6.45) is 1.44. The number of nitrogens with zero attached hydrogens (tertiary/aromatic N) is 6. The average Bonchev–Trinajstić information content (AvgIpc) is 3.24. The van der Waals surface area contributed by atoms with Crippen LogP contribution in [0.3, 0.4) is 0 Å². The second-order valence-corrected chi connectivity index (χ2v) is 6.66. The van der Waals surface area contributed by atoms with Gasteiger partial charge >= 0.3 is 0 Å². The van der Waals surface area contributed by atoms with E-state index in [2.05, 4.69) is 25.3 Å². The third-order valence-corrected chi connectivity index (χ3v) is 4.84. The lowest BCUT2D eigenvalue weighted by molar-refractivity contribution is 0.284. The topological polar surface area (TPSA) is 96.6 Å². The van der Waals surface area contributed by atoms with Crippen molar-refractivity contribution in [3.05, 3.63) is 66.7 Å². The van der Waals surface area contributed by atoms with Crippen LogP contribution in [0.2, 0.25) is 0 Å². The van der Waals surface area contributed by atoms with E-state index in [1.165, 1.54) is 6.33 Å². The van der Waals surface area contributed by atoms with E-state index in [0.29, 0.717) is 39.8 Å². The normalized spacial score (nSPS) is 11.0. The van der Waals surface area contributed by atoms with E-state index in [-0.39, 0.29) is 6.61 Å². The van der Waals surface area contributed by atoms with Crippen molar-refractivity contribution in [2.45, 2.75) is 6.61 Å². The van der Waals surface area contributed by atoms with Crippen LogP contribution in [-0.4, -0.2) is 44.0 Å². The molecule has 0 aliphatic carbocycles. The van der Waals surface area contributed by atoms with E-state index in [0.717, 1.165) is 11.3 Å². The molecule has 0 bridgehead atoms. The molecular weight excluding hydrogens is 396 g/mol. The zero-order valence-corrected chi connectivity index (χ0v) is 16.9. The van der Waals surface area contributed by atoms with Crippen LogP contribution in [0.5, 0.6) is 17.4 Å². The van der Waals surface area contributed by atoms with Crippen molar-refractivity contribution in [2.24, 2.45) is 0 Å². The van der Waals surface area contributed by atoms with E-state index in [1.54, 1.807) is 30.9 Å². The van der Waals surface area contributed by atoms with E-state index in [1.807, 2.05) is 42.5 Å². The summed E-state index contributed by atoms with van der Waals surface area (Å²) < 4.78 is 18.4. The fourth-order valence-electron chi connectivity index (χ4n) is 3.29. The van der Waals surface area contributed by atoms with Crippen molar-refractivity contribution in [3.8, 4) is 28.6 Å². The van der Waals surface area contributed by atoms with Gasteiger partial charge in [0.1, 0.15) is 6.33 Å². The van der Waals surface area contributed by atoms with Crippen molar-refractivity contribution in [1.82, 2.24) is 29.8 Å². The monoisotopic (exact) mass is 414 g/mol. The highest BCUT2D eigenvalue weighted by molar-refractivity contribution is 5.86. The van der Waals surface area contributed by atoms with Crippen LogP contribution < -0.4 is 14.2 Å². The van der Waals surface area contributed by atoms with Gasteiger partial charge in [0.2, 0.25) is 5.88 Å². The SMILES string of the molecule is COc1cc2ncnc(OCc3nnc4ccc(-c5ccccc5)nn34)c2cc1OC. The maximum absolute atomic E-state index is 5.98. The first-order valence-corrected chi connectivity index (χ1v) is 9.53. The lowest BCUT2D eigenvalue weighted by Crippen LogP contribution is -2.06. The molecule has 0 atom stereocenters. The molecule has 154 valence electrons. The van der Waals surface area contributed by atoms with E-state index in [4.69, 9.17) is 14.2 Å². The number of hydrogen-bond donors (Lipinski definition) is 0. The summed E-state index contributed by atoms with van der Waals surface area (Å²) in [6.45, 7) is 0.132. The molecule has 0 amide bonds. The Morgan fingerprint density at radius 2 is 1.68 bits per heavy atom. The maximum Gasteiger partial charge on any atom is 0.225 e. The number of rotatable bonds is 6. The first kappa shape index (κ1) is 18.7. The first-order valence-electron chi connectivity index (χ1n) is 9.53. The highest BCUT2D eigenvalue weighted by Gasteiger charge is 2.14. The predicted molar refractivity (Wildman–Crippen MR) is 113 cm³/mol. The van der Waals surface area contributed by atoms with E-state index >= 15 is 0 Å². The smallest absolute Gasteiger partial charge is 0.225 e. The Morgan fingerprint density at radius 1 is 0.871 bits per heavy atom. The molecule has 0 saturated heterocycles. The number of aromatic nitrogens is 6. The van der Waals surface area contributed by atoms with Crippen molar-refractivity contribution < 1.29 is 14.2 Å². The summed E-state index contributed by atoms with van der Waals surface area (Å²) in [6, 6.07) is 17.3. The minimum Gasteiger partial charge on any atom is -0.493 e. The molecule has 0 aliphatic rings. The molecule has 9 heteroatoms. The number of hydrogen-bond acceptors (Lipinski definition) is 8. The Bertz CT molecular complexity index is 1370. The van der Waals surface area contributed by atoms with Crippen molar-refractivity contribution in [2.75, 3.05) is 14.2 Å². The van der Waals surface area contributed by atoms with Crippen molar-refractivity contribution >= 4 is 16.6 Å². The van der Waals surface area contributed by atoms with Gasteiger partial charge in [-0.05, 0) is 18.2 Å². The molecule has 3 aromatic heterocycles. The number of methoxy groups -OCH3 is 2. The highest BCUT2D eigenvalue weighted by atomic mass is 16.5. The summed E-state index contributed by atoms with van der Waals surface area (Å²) in [5.41, 5.74) is 3.14. The van der Waals surface area contributed by atoms with Gasteiger partial charge in [0, 0.05) is 11.6 Å². The molecular formula is C22H18N6O3. The standard InChI is InChI=1S/C22H18N6O3/c1-29-18-10-15-17(11-19(18)30-2)23-13-24-22(15)31-12-21-26-25-20-9-8-16(27-28(20)21)14-6-4-3-5-7-14/h3-11,13H,12H2,1-2H3. The second-order valence-electron chi connectivity index (χ2n) is 6.66. The minimum atomic E-state index is 0.132. The van der Waals surface area contributed by atoms with Crippen LogP contribution in [-0.2, 0) is 6.61 Å². The van der Waals surface area contributed by atoms with Crippen LogP contribution in [0.15, 0.2) is 60.9 Å². The lowest BCUT2D eigenvalue weighted by atomic mass is 10.1. The predicted octanol–water partition coefficient (Wildman–Crippen LogP) is 3.33. The van der Waals surface area contributed by atoms with Gasteiger partial charge in [0.25, 0.3) is 0 Å². The maximum atomic E-state index is 5.98. The van der Waals surface area contributed by atoms with Crippen LogP contribution >= 0.6 is 0 Å². The molecule has 9 nitrogen and oxygen atoms in total. The van der Waals surface area contributed by atoms with Gasteiger partial charge in [-0.3, -0.25) is 0 Å². The van der Waals surface area contributed by atoms with Crippen molar-refractivity contribution in [1.29, 1.82) is 0 Å². The molecule has 0 aliphatic heterocycles. The van der Waals surface area contributed by atoms with Crippen molar-refractivity contribution in [3.63, 3.8) is 0 Å². The van der Waals surface area contributed by atoms with E-state index < -0.39 is 0 Å². The molecule has 0 N–H and O–H groups in total. The van der Waals surface area contributed by atoms with Gasteiger partial charge in [-0.15, -0.1) is 10.2 Å². The summed E-state index contributed by atoms with van der Waals surface area (Å²) in [7, 11) is 3.15. The van der Waals surface area contributed by atoms with Gasteiger partial charge in [-0.1, -0.05) is 30.3 Å². The average molecular weight is 414 g/mol. The molecule has 2 aromatic carbocycles. The number of fused-ring (bicyclic) bond motifs is 2.